The van der Waals surface area contributed by atoms with Crippen molar-refractivity contribution >= 4 is 43.5 Å². The van der Waals surface area contributed by atoms with Gasteiger partial charge >= 0.3 is 0 Å². The van der Waals surface area contributed by atoms with Crippen molar-refractivity contribution < 1.29 is 4.42 Å². The van der Waals surface area contributed by atoms with Gasteiger partial charge in [-0.3, -0.25) is 0 Å². The minimum absolute atomic E-state index is 0.917. The average molecular weight is 497 g/mol. The third kappa shape index (κ3) is 3.48. The quantitative estimate of drug-likeness (QED) is 0.222. The van der Waals surface area contributed by atoms with Gasteiger partial charge in [0.25, 0.3) is 0 Å². The lowest BCUT2D eigenvalue weighted by atomic mass is 9.84. The number of rotatable bonds is 3. The monoisotopic (exact) mass is 496 g/mol. The minimum atomic E-state index is 0.917. The van der Waals surface area contributed by atoms with Crippen LogP contribution in [0.5, 0.6) is 0 Å². The van der Waals surface area contributed by atoms with Crippen LogP contribution < -0.4 is 0 Å². The van der Waals surface area contributed by atoms with Gasteiger partial charge in [-0.2, -0.15) is 0 Å². The van der Waals surface area contributed by atoms with Crippen LogP contribution in [0.4, 0.5) is 0 Å². The smallest absolute Gasteiger partial charge is 0.135 e. The first-order chi connectivity index (χ1) is 19.3. The van der Waals surface area contributed by atoms with Gasteiger partial charge in [-0.25, -0.2) is 0 Å². The second-order valence-corrected chi connectivity index (χ2v) is 10.1. The summed E-state index contributed by atoms with van der Waals surface area (Å²) in [5.41, 5.74) is 9.24. The molecule has 1 heterocycles. The van der Waals surface area contributed by atoms with E-state index in [9.17, 15) is 0 Å². The third-order valence-corrected chi connectivity index (χ3v) is 7.86. The fourth-order valence-electron chi connectivity index (χ4n) is 6.10. The van der Waals surface area contributed by atoms with Gasteiger partial charge in [-0.1, -0.05) is 121 Å². The summed E-state index contributed by atoms with van der Waals surface area (Å²) in [5.74, 6) is 0. The Morgan fingerprint density at radius 3 is 1.54 bits per heavy atom. The number of hydrogen-bond acceptors (Lipinski definition) is 1. The molecule has 0 radical (unpaired) electrons. The normalized spacial score (nSPS) is 11.6. The highest BCUT2D eigenvalue weighted by Gasteiger charge is 2.18. The van der Waals surface area contributed by atoms with Crippen molar-refractivity contribution in [3.05, 3.63) is 146 Å². The van der Waals surface area contributed by atoms with E-state index >= 15 is 0 Å². The highest BCUT2D eigenvalue weighted by Crippen LogP contribution is 2.45. The SMILES string of the molecule is c1ccc(-c2ccc3c(-c4ccc5oc6ccccc6c5c4)c4ccccc4c(-c4ccccc4)c3c2)cc1. The van der Waals surface area contributed by atoms with Crippen molar-refractivity contribution in [3.63, 3.8) is 0 Å². The van der Waals surface area contributed by atoms with Gasteiger partial charge in [-0.15, -0.1) is 0 Å². The Labute approximate surface area is 226 Å². The molecule has 0 unspecified atom stereocenters. The van der Waals surface area contributed by atoms with E-state index in [1.807, 2.05) is 12.1 Å². The summed E-state index contributed by atoms with van der Waals surface area (Å²) >= 11 is 0. The maximum atomic E-state index is 6.16. The fourth-order valence-corrected chi connectivity index (χ4v) is 6.10. The van der Waals surface area contributed by atoms with Crippen molar-refractivity contribution in [2.45, 2.75) is 0 Å². The van der Waals surface area contributed by atoms with Crippen molar-refractivity contribution in [2.75, 3.05) is 0 Å². The average Bonchev–Trinajstić information content (AvgIpc) is 3.38. The van der Waals surface area contributed by atoms with Crippen molar-refractivity contribution in [1.82, 2.24) is 0 Å². The first-order valence-corrected chi connectivity index (χ1v) is 13.4. The lowest BCUT2D eigenvalue weighted by molar-refractivity contribution is 0.669. The van der Waals surface area contributed by atoms with Crippen LogP contribution in [0.3, 0.4) is 0 Å². The molecular formula is C38H24O. The summed E-state index contributed by atoms with van der Waals surface area (Å²) in [6.07, 6.45) is 0. The Morgan fingerprint density at radius 1 is 0.282 bits per heavy atom. The molecule has 39 heavy (non-hydrogen) atoms. The summed E-state index contributed by atoms with van der Waals surface area (Å²) in [5, 5.41) is 7.31. The van der Waals surface area contributed by atoms with Gasteiger partial charge in [0.1, 0.15) is 11.2 Å². The second kappa shape index (κ2) is 8.72. The van der Waals surface area contributed by atoms with E-state index in [0.29, 0.717) is 0 Å². The van der Waals surface area contributed by atoms with E-state index in [0.717, 1.165) is 21.9 Å². The third-order valence-electron chi connectivity index (χ3n) is 7.86. The largest absolute Gasteiger partial charge is 0.456 e. The van der Waals surface area contributed by atoms with Crippen LogP contribution in [0.2, 0.25) is 0 Å². The van der Waals surface area contributed by atoms with Crippen molar-refractivity contribution in [3.8, 4) is 33.4 Å². The van der Waals surface area contributed by atoms with Gasteiger partial charge in [0, 0.05) is 10.8 Å². The molecule has 1 aromatic heterocycles. The van der Waals surface area contributed by atoms with E-state index in [1.165, 1.54) is 54.9 Å². The maximum Gasteiger partial charge on any atom is 0.135 e. The molecule has 0 N–H and O–H groups in total. The van der Waals surface area contributed by atoms with Gasteiger partial charge < -0.3 is 4.42 Å². The molecule has 0 aliphatic carbocycles. The molecule has 8 aromatic rings. The topological polar surface area (TPSA) is 13.1 Å². The Hall–Kier alpha value is -5.14. The molecule has 0 spiro atoms. The van der Waals surface area contributed by atoms with Crippen LogP contribution in [0.1, 0.15) is 0 Å². The van der Waals surface area contributed by atoms with E-state index in [1.54, 1.807) is 0 Å². The number of benzene rings is 7. The molecule has 0 aliphatic rings. The van der Waals surface area contributed by atoms with E-state index in [2.05, 4.69) is 133 Å². The Morgan fingerprint density at radius 2 is 0.795 bits per heavy atom. The van der Waals surface area contributed by atoms with Crippen LogP contribution in [0, 0.1) is 0 Å². The molecule has 182 valence electrons. The Kier molecular flexibility index (Phi) is 4.89. The summed E-state index contributed by atoms with van der Waals surface area (Å²) in [6, 6.07) is 52.1. The first kappa shape index (κ1) is 21.9. The summed E-state index contributed by atoms with van der Waals surface area (Å²) < 4.78 is 6.16. The molecule has 8 rings (SSSR count). The van der Waals surface area contributed by atoms with Crippen LogP contribution >= 0.6 is 0 Å². The molecule has 0 atom stereocenters. The highest BCUT2D eigenvalue weighted by atomic mass is 16.3. The molecule has 0 fully saturated rings. The standard InChI is InChI=1S/C38H24O/c1-3-11-25(12-4-1)27-19-21-32-34(23-27)37(26-13-5-2-6-14-26)30-16-7-8-17-31(30)38(32)28-20-22-36-33(24-28)29-15-9-10-18-35(29)39-36/h1-24H. The predicted octanol–water partition coefficient (Wildman–Crippen LogP) is 10.9. The summed E-state index contributed by atoms with van der Waals surface area (Å²) in [6.45, 7) is 0. The van der Waals surface area contributed by atoms with E-state index in [-0.39, 0.29) is 0 Å². The fraction of sp³-hybridized carbons (Fsp3) is 0. The maximum absolute atomic E-state index is 6.16. The van der Waals surface area contributed by atoms with Gasteiger partial charge in [0.05, 0.1) is 0 Å². The highest BCUT2D eigenvalue weighted by molar-refractivity contribution is 6.22. The Balaban J connectivity index is 1.51. The van der Waals surface area contributed by atoms with Crippen molar-refractivity contribution in [2.24, 2.45) is 0 Å². The molecule has 1 heteroatoms. The zero-order chi connectivity index (χ0) is 25.8. The zero-order valence-corrected chi connectivity index (χ0v) is 21.3. The predicted molar refractivity (Wildman–Crippen MR) is 165 cm³/mol. The Bertz CT molecular complexity index is 2150. The number of fused-ring (bicyclic) bond motifs is 5. The first-order valence-electron chi connectivity index (χ1n) is 13.4. The lowest BCUT2D eigenvalue weighted by Crippen LogP contribution is -1.91. The molecule has 7 aromatic carbocycles. The van der Waals surface area contributed by atoms with Gasteiger partial charge in [0.2, 0.25) is 0 Å². The number of furan rings is 1. The van der Waals surface area contributed by atoms with E-state index in [4.69, 9.17) is 4.42 Å². The summed E-state index contributed by atoms with van der Waals surface area (Å²) in [4.78, 5) is 0. The van der Waals surface area contributed by atoms with Crippen LogP contribution in [-0.4, -0.2) is 0 Å². The molecular weight excluding hydrogens is 472 g/mol. The molecule has 0 amide bonds. The minimum Gasteiger partial charge on any atom is -0.456 e. The summed E-state index contributed by atoms with van der Waals surface area (Å²) in [7, 11) is 0. The van der Waals surface area contributed by atoms with Gasteiger partial charge in [-0.05, 0) is 79.2 Å². The van der Waals surface area contributed by atoms with Crippen LogP contribution in [0.25, 0.3) is 76.9 Å². The van der Waals surface area contributed by atoms with Crippen LogP contribution in [-0.2, 0) is 0 Å². The van der Waals surface area contributed by atoms with E-state index < -0.39 is 0 Å². The van der Waals surface area contributed by atoms with Gasteiger partial charge in [0.15, 0.2) is 0 Å². The lowest BCUT2D eigenvalue weighted by Gasteiger charge is -2.19. The molecule has 1 nitrogen and oxygen atoms in total. The van der Waals surface area contributed by atoms with Crippen molar-refractivity contribution in [1.29, 1.82) is 0 Å². The second-order valence-electron chi connectivity index (χ2n) is 10.1. The molecule has 0 saturated carbocycles. The number of hydrogen-bond donors (Lipinski definition) is 0. The zero-order valence-electron chi connectivity index (χ0n) is 21.3. The molecule has 0 saturated heterocycles. The molecule has 0 aliphatic heterocycles. The molecule has 0 bridgehead atoms. The van der Waals surface area contributed by atoms with Crippen LogP contribution in [0.15, 0.2) is 150 Å². The number of para-hydroxylation sites is 1.